The highest BCUT2D eigenvalue weighted by Gasteiger charge is 2.09. The molecule has 104 valence electrons. The lowest BCUT2D eigenvalue weighted by atomic mass is 10.0. The second-order valence-electron chi connectivity index (χ2n) is 4.12. The van der Waals surface area contributed by atoms with Crippen LogP contribution >= 0.6 is 11.6 Å². The van der Waals surface area contributed by atoms with Crippen molar-refractivity contribution in [3.63, 3.8) is 0 Å². The zero-order valence-corrected chi connectivity index (χ0v) is 11.4. The molecular weight excluding hydrogens is 281 g/mol. The predicted octanol–water partition coefficient (Wildman–Crippen LogP) is 3.21. The lowest BCUT2D eigenvalue weighted by molar-refractivity contribution is 0.1000. The molecule has 0 aromatic heterocycles. The van der Waals surface area contributed by atoms with Crippen LogP contribution in [0.4, 0.5) is 4.39 Å². The fraction of sp³-hybridized carbons (Fsp3) is 0.133. The quantitative estimate of drug-likeness (QED) is 0.861. The number of hydrogen-bond donors (Lipinski definition) is 1. The van der Waals surface area contributed by atoms with Crippen LogP contribution in [-0.4, -0.2) is 18.4 Å². The van der Waals surface area contributed by atoms with E-state index in [1.807, 2.05) is 0 Å². The van der Waals surface area contributed by atoms with E-state index in [-0.39, 0.29) is 5.56 Å². The number of alkyl halides is 1. The van der Waals surface area contributed by atoms with Crippen molar-refractivity contribution in [1.82, 2.24) is 0 Å². The summed E-state index contributed by atoms with van der Waals surface area (Å²) in [7, 11) is 0. The Hall–Kier alpha value is -2.07. The summed E-state index contributed by atoms with van der Waals surface area (Å²) >= 11 is 5.55. The molecule has 0 aliphatic carbocycles. The molecule has 0 spiro atoms. The van der Waals surface area contributed by atoms with Crippen molar-refractivity contribution in [3.8, 4) is 16.9 Å². The molecule has 0 radical (unpaired) electrons. The van der Waals surface area contributed by atoms with E-state index in [0.717, 1.165) is 6.07 Å². The van der Waals surface area contributed by atoms with Crippen molar-refractivity contribution < 1.29 is 13.9 Å². The summed E-state index contributed by atoms with van der Waals surface area (Å²) in [6, 6.07) is 11.2. The molecular formula is C15H13ClFNO2. The Labute approximate surface area is 121 Å². The molecule has 0 heterocycles. The van der Waals surface area contributed by atoms with Gasteiger partial charge < -0.3 is 10.5 Å². The number of carbonyl (C=O) groups excluding carboxylic acids is 1. The Morgan fingerprint density at radius 2 is 2.05 bits per heavy atom. The van der Waals surface area contributed by atoms with Crippen molar-refractivity contribution in [1.29, 1.82) is 0 Å². The summed E-state index contributed by atoms with van der Waals surface area (Å²) in [6.07, 6.45) is 0. The van der Waals surface area contributed by atoms with Gasteiger partial charge in [0.25, 0.3) is 0 Å². The summed E-state index contributed by atoms with van der Waals surface area (Å²) in [4.78, 5) is 11.0. The van der Waals surface area contributed by atoms with E-state index < -0.39 is 11.7 Å². The maximum Gasteiger partial charge on any atom is 0.248 e. The third kappa shape index (κ3) is 3.27. The van der Waals surface area contributed by atoms with Crippen LogP contribution in [0.25, 0.3) is 11.1 Å². The number of ether oxygens (including phenoxy) is 1. The molecule has 0 aliphatic heterocycles. The number of hydrogen-bond acceptors (Lipinski definition) is 2. The molecule has 2 N–H and O–H groups in total. The molecule has 2 aromatic carbocycles. The van der Waals surface area contributed by atoms with Gasteiger partial charge in [-0.3, -0.25) is 4.79 Å². The standard InChI is InChI=1S/C15H13ClFNO2/c16-6-7-20-12-3-1-2-10(8-12)13-5-4-11(15(18)19)9-14(13)17/h1-5,8-9H,6-7H2,(H2,18,19). The van der Waals surface area contributed by atoms with Gasteiger partial charge in [-0.25, -0.2) is 4.39 Å². The zero-order valence-electron chi connectivity index (χ0n) is 10.6. The van der Waals surface area contributed by atoms with Crippen LogP contribution in [0.15, 0.2) is 42.5 Å². The largest absolute Gasteiger partial charge is 0.492 e. The number of benzene rings is 2. The van der Waals surface area contributed by atoms with Crippen LogP contribution in [-0.2, 0) is 0 Å². The first-order valence-corrected chi connectivity index (χ1v) is 6.54. The molecule has 5 heteroatoms. The summed E-state index contributed by atoms with van der Waals surface area (Å²) in [5, 5.41) is 0. The van der Waals surface area contributed by atoms with Crippen molar-refractivity contribution in [2.75, 3.05) is 12.5 Å². The van der Waals surface area contributed by atoms with E-state index in [0.29, 0.717) is 29.4 Å². The van der Waals surface area contributed by atoms with Gasteiger partial charge in [-0.2, -0.15) is 0 Å². The average Bonchev–Trinajstić information content (AvgIpc) is 2.45. The first kappa shape index (κ1) is 14.3. The molecule has 20 heavy (non-hydrogen) atoms. The molecule has 0 aliphatic rings. The zero-order chi connectivity index (χ0) is 14.5. The molecule has 0 fully saturated rings. The number of halogens is 2. The Morgan fingerprint density at radius 1 is 1.25 bits per heavy atom. The van der Waals surface area contributed by atoms with E-state index >= 15 is 0 Å². The predicted molar refractivity (Wildman–Crippen MR) is 76.6 cm³/mol. The highest BCUT2D eigenvalue weighted by molar-refractivity contribution is 6.18. The van der Waals surface area contributed by atoms with Gasteiger partial charge in [0.2, 0.25) is 5.91 Å². The van der Waals surface area contributed by atoms with Crippen molar-refractivity contribution in [2.24, 2.45) is 5.73 Å². The van der Waals surface area contributed by atoms with Crippen molar-refractivity contribution >= 4 is 17.5 Å². The summed E-state index contributed by atoms with van der Waals surface area (Å²) in [6.45, 7) is 0.383. The first-order valence-electron chi connectivity index (χ1n) is 6.00. The second-order valence-corrected chi connectivity index (χ2v) is 4.50. The second kappa shape index (κ2) is 6.39. The molecule has 0 saturated carbocycles. The molecule has 2 rings (SSSR count). The maximum atomic E-state index is 14.0. The maximum absolute atomic E-state index is 14.0. The van der Waals surface area contributed by atoms with Gasteiger partial charge in [0.1, 0.15) is 18.2 Å². The Kier molecular flexibility index (Phi) is 4.58. The van der Waals surface area contributed by atoms with E-state index in [2.05, 4.69) is 0 Å². The Bertz CT molecular complexity index is 631. The first-order chi connectivity index (χ1) is 9.61. The van der Waals surface area contributed by atoms with E-state index in [4.69, 9.17) is 22.1 Å². The van der Waals surface area contributed by atoms with Crippen LogP contribution in [0.3, 0.4) is 0 Å². The lowest BCUT2D eigenvalue weighted by Gasteiger charge is -2.08. The van der Waals surface area contributed by atoms with Gasteiger partial charge in [-0.05, 0) is 29.8 Å². The monoisotopic (exact) mass is 293 g/mol. The van der Waals surface area contributed by atoms with Gasteiger partial charge in [-0.1, -0.05) is 18.2 Å². The molecule has 0 unspecified atom stereocenters. The summed E-state index contributed by atoms with van der Waals surface area (Å²) < 4.78 is 19.4. The highest BCUT2D eigenvalue weighted by Crippen LogP contribution is 2.27. The van der Waals surface area contributed by atoms with E-state index in [1.165, 1.54) is 12.1 Å². The van der Waals surface area contributed by atoms with Gasteiger partial charge in [0.15, 0.2) is 0 Å². The molecule has 3 nitrogen and oxygen atoms in total. The number of nitrogens with two attached hydrogens (primary N) is 1. The Morgan fingerprint density at radius 3 is 2.70 bits per heavy atom. The van der Waals surface area contributed by atoms with Crippen LogP contribution in [0.2, 0.25) is 0 Å². The third-order valence-electron chi connectivity index (χ3n) is 2.74. The fourth-order valence-corrected chi connectivity index (χ4v) is 1.89. The Balaban J connectivity index is 2.33. The van der Waals surface area contributed by atoms with E-state index in [9.17, 15) is 9.18 Å². The summed E-state index contributed by atoms with van der Waals surface area (Å²) in [5.41, 5.74) is 6.29. The molecule has 2 aromatic rings. The van der Waals surface area contributed by atoms with Crippen molar-refractivity contribution in [3.05, 3.63) is 53.8 Å². The van der Waals surface area contributed by atoms with E-state index in [1.54, 1.807) is 24.3 Å². The SMILES string of the molecule is NC(=O)c1ccc(-c2cccc(OCCCl)c2)c(F)c1. The average molecular weight is 294 g/mol. The minimum atomic E-state index is -0.658. The van der Waals surface area contributed by atoms with Gasteiger partial charge >= 0.3 is 0 Å². The van der Waals surface area contributed by atoms with Gasteiger partial charge in [-0.15, -0.1) is 11.6 Å². The van der Waals surface area contributed by atoms with Crippen molar-refractivity contribution in [2.45, 2.75) is 0 Å². The summed E-state index contributed by atoms with van der Waals surface area (Å²) in [5.74, 6) is -0.168. The number of amides is 1. The smallest absolute Gasteiger partial charge is 0.248 e. The van der Waals surface area contributed by atoms with Crippen LogP contribution in [0, 0.1) is 5.82 Å². The number of primary amides is 1. The fourth-order valence-electron chi connectivity index (χ4n) is 1.81. The third-order valence-corrected chi connectivity index (χ3v) is 2.90. The molecule has 0 saturated heterocycles. The minimum Gasteiger partial charge on any atom is -0.492 e. The molecule has 0 bridgehead atoms. The lowest BCUT2D eigenvalue weighted by Crippen LogP contribution is -2.11. The molecule has 1 amide bonds. The van der Waals surface area contributed by atoms with Crippen LogP contribution < -0.4 is 10.5 Å². The van der Waals surface area contributed by atoms with Crippen LogP contribution in [0.1, 0.15) is 10.4 Å². The van der Waals surface area contributed by atoms with Gasteiger partial charge in [0.05, 0.1) is 5.88 Å². The minimum absolute atomic E-state index is 0.140. The highest BCUT2D eigenvalue weighted by atomic mass is 35.5. The number of rotatable bonds is 5. The normalized spacial score (nSPS) is 10.3. The molecule has 0 atom stereocenters. The van der Waals surface area contributed by atoms with Gasteiger partial charge in [0, 0.05) is 11.1 Å². The van der Waals surface area contributed by atoms with Crippen LogP contribution in [0.5, 0.6) is 5.75 Å². The topological polar surface area (TPSA) is 52.3 Å². The number of carbonyl (C=O) groups is 1.